The molecule has 2 atom stereocenters. The van der Waals surface area contributed by atoms with Crippen molar-refractivity contribution >= 4 is 23.5 Å². The van der Waals surface area contributed by atoms with Crippen LogP contribution in [0.1, 0.15) is 10.5 Å². The summed E-state index contributed by atoms with van der Waals surface area (Å²) in [5.41, 5.74) is 0.0791. The Balaban J connectivity index is 2.03. The van der Waals surface area contributed by atoms with Gasteiger partial charge >= 0.3 is 5.97 Å². The standard InChI is InChI=1S/C10H10ClN3O4/c11-8-2-12-6(1-13-8)9(15)14-7-4-18-3-5(7)10(16)17/h1-2,5,7H,3-4H2,(H,14,15)(H,16,17). The number of hydrogen-bond acceptors (Lipinski definition) is 5. The number of nitrogens with zero attached hydrogens (tertiary/aromatic N) is 2. The van der Waals surface area contributed by atoms with Gasteiger partial charge < -0.3 is 15.2 Å². The van der Waals surface area contributed by atoms with Gasteiger partial charge in [0.1, 0.15) is 16.8 Å². The second-order valence-corrected chi connectivity index (χ2v) is 4.17. The van der Waals surface area contributed by atoms with Crippen molar-refractivity contribution in [2.24, 2.45) is 5.92 Å². The highest BCUT2D eigenvalue weighted by Gasteiger charge is 2.35. The van der Waals surface area contributed by atoms with Crippen LogP contribution in [-0.2, 0) is 9.53 Å². The maximum absolute atomic E-state index is 11.8. The van der Waals surface area contributed by atoms with E-state index in [1.165, 1.54) is 12.4 Å². The van der Waals surface area contributed by atoms with Gasteiger partial charge in [0, 0.05) is 0 Å². The fraction of sp³-hybridized carbons (Fsp3) is 0.400. The average Bonchev–Trinajstić information content (AvgIpc) is 2.78. The third-order valence-electron chi connectivity index (χ3n) is 2.57. The van der Waals surface area contributed by atoms with Crippen LogP contribution in [0.3, 0.4) is 0 Å². The van der Waals surface area contributed by atoms with Gasteiger partial charge in [-0.1, -0.05) is 11.6 Å². The number of aliphatic carboxylic acids is 1. The van der Waals surface area contributed by atoms with Crippen molar-refractivity contribution in [3.63, 3.8) is 0 Å². The van der Waals surface area contributed by atoms with Gasteiger partial charge in [0.25, 0.3) is 5.91 Å². The molecule has 1 aromatic rings. The van der Waals surface area contributed by atoms with Crippen LogP contribution in [-0.4, -0.2) is 46.2 Å². The summed E-state index contributed by atoms with van der Waals surface area (Å²) in [4.78, 5) is 30.2. The molecule has 1 aliphatic heterocycles. The molecule has 2 heterocycles. The minimum Gasteiger partial charge on any atom is -0.481 e. The normalized spacial score (nSPS) is 22.7. The van der Waals surface area contributed by atoms with Gasteiger partial charge in [-0.15, -0.1) is 0 Å². The van der Waals surface area contributed by atoms with E-state index in [-0.39, 0.29) is 24.1 Å². The molecule has 1 aliphatic rings. The fourth-order valence-electron chi connectivity index (χ4n) is 1.61. The smallest absolute Gasteiger partial charge is 0.311 e. The van der Waals surface area contributed by atoms with Gasteiger partial charge in [-0.25, -0.2) is 9.97 Å². The van der Waals surface area contributed by atoms with Gasteiger partial charge in [-0.2, -0.15) is 0 Å². The van der Waals surface area contributed by atoms with Crippen LogP contribution in [0.4, 0.5) is 0 Å². The number of nitrogens with one attached hydrogen (secondary N) is 1. The summed E-state index contributed by atoms with van der Waals surface area (Å²) in [6, 6.07) is -0.563. The molecule has 1 amide bonds. The van der Waals surface area contributed by atoms with Crippen molar-refractivity contribution in [2.45, 2.75) is 6.04 Å². The maximum atomic E-state index is 11.8. The molecule has 1 fully saturated rings. The Bertz CT molecular complexity index is 465. The van der Waals surface area contributed by atoms with Crippen LogP contribution >= 0.6 is 11.6 Å². The predicted molar refractivity (Wildman–Crippen MR) is 60.2 cm³/mol. The number of aromatic nitrogens is 2. The molecule has 1 aromatic heterocycles. The first-order valence-electron chi connectivity index (χ1n) is 5.17. The topological polar surface area (TPSA) is 101 Å². The van der Waals surface area contributed by atoms with Crippen molar-refractivity contribution < 1.29 is 19.4 Å². The maximum Gasteiger partial charge on any atom is 0.311 e. The summed E-state index contributed by atoms with van der Waals surface area (Å²) in [6.45, 7) is 0.260. The first kappa shape index (κ1) is 12.7. The van der Waals surface area contributed by atoms with E-state index in [9.17, 15) is 9.59 Å². The summed E-state index contributed by atoms with van der Waals surface area (Å²) in [5, 5.41) is 11.7. The number of hydrogen-bond donors (Lipinski definition) is 2. The average molecular weight is 272 g/mol. The van der Waals surface area contributed by atoms with Gasteiger partial charge in [0.05, 0.1) is 31.6 Å². The van der Waals surface area contributed by atoms with E-state index in [0.29, 0.717) is 0 Å². The van der Waals surface area contributed by atoms with E-state index in [4.69, 9.17) is 21.4 Å². The lowest BCUT2D eigenvalue weighted by atomic mass is 10.0. The molecule has 7 nitrogen and oxygen atoms in total. The fourth-order valence-corrected chi connectivity index (χ4v) is 1.71. The quantitative estimate of drug-likeness (QED) is 0.800. The van der Waals surface area contributed by atoms with Crippen molar-refractivity contribution in [2.75, 3.05) is 13.2 Å². The van der Waals surface area contributed by atoms with E-state index < -0.39 is 23.8 Å². The number of carbonyl (C=O) groups is 2. The van der Waals surface area contributed by atoms with Gasteiger partial charge in [0.15, 0.2) is 0 Å². The van der Waals surface area contributed by atoms with E-state index in [2.05, 4.69) is 15.3 Å². The molecule has 0 saturated carbocycles. The molecule has 0 aliphatic carbocycles. The molecule has 96 valence electrons. The SMILES string of the molecule is O=C(NC1COCC1C(=O)O)c1cnc(Cl)cn1. The Kier molecular flexibility index (Phi) is 3.73. The number of ether oxygens (including phenoxy) is 1. The van der Waals surface area contributed by atoms with E-state index in [1.54, 1.807) is 0 Å². The Hall–Kier alpha value is -1.73. The molecule has 2 rings (SSSR count). The van der Waals surface area contributed by atoms with E-state index in [0.717, 1.165) is 0 Å². The third-order valence-corrected chi connectivity index (χ3v) is 2.76. The van der Waals surface area contributed by atoms with Crippen molar-refractivity contribution in [3.05, 3.63) is 23.2 Å². The summed E-state index contributed by atoms with van der Waals surface area (Å²) in [7, 11) is 0. The number of carbonyl (C=O) groups excluding carboxylic acids is 1. The third kappa shape index (κ3) is 2.74. The summed E-state index contributed by atoms with van der Waals surface area (Å²) >= 11 is 5.55. The molecule has 2 unspecified atom stereocenters. The zero-order chi connectivity index (χ0) is 13.1. The summed E-state index contributed by atoms with van der Waals surface area (Å²) in [5.74, 6) is -2.24. The van der Waals surface area contributed by atoms with E-state index in [1.807, 2.05) is 0 Å². The monoisotopic (exact) mass is 271 g/mol. The van der Waals surface area contributed by atoms with Crippen LogP contribution in [0, 0.1) is 5.92 Å². The number of amides is 1. The minimum absolute atomic E-state index is 0.0791. The molecular formula is C10H10ClN3O4. The highest BCUT2D eigenvalue weighted by molar-refractivity contribution is 6.29. The van der Waals surface area contributed by atoms with Crippen LogP contribution in [0.2, 0.25) is 5.15 Å². The van der Waals surface area contributed by atoms with Gasteiger partial charge in [0.2, 0.25) is 0 Å². The molecule has 0 radical (unpaired) electrons. The Labute approximate surface area is 107 Å². The Morgan fingerprint density at radius 3 is 2.78 bits per heavy atom. The molecule has 2 N–H and O–H groups in total. The Morgan fingerprint density at radius 1 is 1.39 bits per heavy atom. The van der Waals surface area contributed by atoms with Gasteiger partial charge in [-0.05, 0) is 0 Å². The lowest BCUT2D eigenvalue weighted by Crippen LogP contribution is -2.42. The molecule has 1 saturated heterocycles. The zero-order valence-electron chi connectivity index (χ0n) is 9.17. The van der Waals surface area contributed by atoms with Crippen molar-refractivity contribution in [3.8, 4) is 0 Å². The molecule has 8 heteroatoms. The zero-order valence-corrected chi connectivity index (χ0v) is 9.92. The molecule has 0 spiro atoms. The van der Waals surface area contributed by atoms with Crippen LogP contribution in [0.25, 0.3) is 0 Å². The molecule has 0 bridgehead atoms. The number of halogens is 1. The number of carboxylic acids is 1. The first-order valence-corrected chi connectivity index (χ1v) is 5.54. The number of carboxylic acid groups (broad SMARTS) is 1. The minimum atomic E-state index is -1.00. The van der Waals surface area contributed by atoms with Crippen molar-refractivity contribution in [1.82, 2.24) is 15.3 Å². The first-order chi connectivity index (χ1) is 8.58. The van der Waals surface area contributed by atoms with Crippen LogP contribution < -0.4 is 5.32 Å². The second-order valence-electron chi connectivity index (χ2n) is 3.79. The molecular weight excluding hydrogens is 262 g/mol. The summed E-state index contributed by atoms with van der Waals surface area (Å²) in [6.07, 6.45) is 2.47. The van der Waals surface area contributed by atoms with Crippen LogP contribution in [0.5, 0.6) is 0 Å². The molecule has 18 heavy (non-hydrogen) atoms. The summed E-state index contributed by atoms with van der Waals surface area (Å²) < 4.78 is 5.03. The van der Waals surface area contributed by atoms with E-state index >= 15 is 0 Å². The second kappa shape index (κ2) is 5.28. The van der Waals surface area contributed by atoms with Gasteiger partial charge in [-0.3, -0.25) is 9.59 Å². The lowest BCUT2D eigenvalue weighted by molar-refractivity contribution is -0.142. The Morgan fingerprint density at radius 2 is 2.17 bits per heavy atom. The largest absolute Gasteiger partial charge is 0.481 e. The highest BCUT2D eigenvalue weighted by Crippen LogP contribution is 2.14. The van der Waals surface area contributed by atoms with Crippen LogP contribution in [0.15, 0.2) is 12.4 Å². The van der Waals surface area contributed by atoms with Crippen molar-refractivity contribution in [1.29, 1.82) is 0 Å². The lowest BCUT2D eigenvalue weighted by Gasteiger charge is -2.14. The number of rotatable bonds is 3. The molecule has 0 aromatic carbocycles. The predicted octanol–water partition coefficient (Wildman–Crippen LogP) is -0.0406. The highest BCUT2D eigenvalue weighted by atomic mass is 35.5.